The van der Waals surface area contributed by atoms with Crippen LogP contribution in [0.4, 0.5) is 0 Å². The van der Waals surface area contributed by atoms with Gasteiger partial charge in [0.05, 0.1) is 0 Å². The van der Waals surface area contributed by atoms with Crippen LogP contribution in [0.2, 0.25) is 0 Å². The van der Waals surface area contributed by atoms with E-state index >= 15 is 0 Å². The quantitative estimate of drug-likeness (QED) is 0.541. The largest absolute Gasteiger partial charge is 0.508 e. The van der Waals surface area contributed by atoms with Gasteiger partial charge in [-0.15, -0.1) is 0 Å². The zero-order chi connectivity index (χ0) is 17.9. The van der Waals surface area contributed by atoms with Gasteiger partial charge in [0, 0.05) is 6.54 Å². The van der Waals surface area contributed by atoms with Crippen molar-refractivity contribution in [2.24, 2.45) is 0 Å². The Kier molecular flexibility index (Phi) is 7.47. The second-order valence-electron chi connectivity index (χ2n) is 5.44. The van der Waals surface area contributed by atoms with E-state index in [-0.39, 0.29) is 11.5 Å². The fourth-order valence-electron chi connectivity index (χ4n) is 2.17. The van der Waals surface area contributed by atoms with Crippen molar-refractivity contribution in [3.63, 3.8) is 0 Å². The first-order valence-electron chi connectivity index (χ1n) is 8.30. The third kappa shape index (κ3) is 7.06. The number of carbonyl (C=O) groups excluding carboxylic acids is 1. The SMILES string of the molecule is CCNCCOc1cccc(/C=C/C(=O)/C=C/c2cccc(O)c2)c1. The highest BCUT2D eigenvalue weighted by Gasteiger charge is 1.96. The molecule has 130 valence electrons. The number of ketones is 1. The first-order chi connectivity index (χ1) is 12.2. The van der Waals surface area contributed by atoms with Crippen LogP contribution in [0.15, 0.2) is 60.7 Å². The number of rotatable bonds is 9. The van der Waals surface area contributed by atoms with Gasteiger partial charge < -0.3 is 15.2 Å². The number of ether oxygens (including phenoxy) is 1. The average Bonchev–Trinajstić information content (AvgIpc) is 2.62. The number of hydrogen-bond acceptors (Lipinski definition) is 4. The molecule has 0 fully saturated rings. The van der Waals surface area contributed by atoms with E-state index in [4.69, 9.17) is 4.74 Å². The summed E-state index contributed by atoms with van der Waals surface area (Å²) in [5.41, 5.74) is 1.68. The Morgan fingerprint density at radius 3 is 2.44 bits per heavy atom. The smallest absolute Gasteiger partial charge is 0.178 e. The summed E-state index contributed by atoms with van der Waals surface area (Å²) in [6, 6.07) is 14.4. The van der Waals surface area contributed by atoms with Crippen molar-refractivity contribution in [1.29, 1.82) is 0 Å². The predicted molar refractivity (Wildman–Crippen MR) is 102 cm³/mol. The molecule has 0 aliphatic carbocycles. The van der Waals surface area contributed by atoms with Gasteiger partial charge in [-0.3, -0.25) is 4.79 Å². The Bertz CT molecular complexity index is 750. The molecule has 4 nitrogen and oxygen atoms in total. The second-order valence-corrected chi connectivity index (χ2v) is 5.44. The lowest BCUT2D eigenvalue weighted by Gasteiger charge is -2.06. The second kappa shape index (κ2) is 10.1. The molecule has 25 heavy (non-hydrogen) atoms. The fraction of sp³-hybridized carbons (Fsp3) is 0.190. The van der Waals surface area contributed by atoms with Crippen molar-refractivity contribution >= 4 is 17.9 Å². The Hall–Kier alpha value is -2.85. The lowest BCUT2D eigenvalue weighted by Crippen LogP contribution is -2.20. The fourth-order valence-corrected chi connectivity index (χ4v) is 2.17. The standard InChI is InChI=1S/C21H23NO3/c1-2-22-13-14-25-21-8-4-6-18(16-21)10-12-19(23)11-9-17-5-3-7-20(24)15-17/h3-12,15-16,22,24H,2,13-14H2,1H3/b11-9+,12-10+. The highest BCUT2D eigenvalue weighted by atomic mass is 16.5. The van der Waals surface area contributed by atoms with Crippen LogP contribution in [0, 0.1) is 0 Å². The molecule has 0 aliphatic heterocycles. The van der Waals surface area contributed by atoms with Gasteiger partial charge in [-0.05, 0) is 54.1 Å². The number of benzene rings is 2. The van der Waals surface area contributed by atoms with E-state index < -0.39 is 0 Å². The van der Waals surface area contributed by atoms with Gasteiger partial charge in [0.25, 0.3) is 0 Å². The highest BCUT2D eigenvalue weighted by molar-refractivity contribution is 6.04. The Balaban J connectivity index is 1.91. The van der Waals surface area contributed by atoms with Crippen LogP contribution in [0.25, 0.3) is 12.2 Å². The molecule has 0 saturated carbocycles. The van der Waals surface area contributed by atoms with Gasteiger partial charge in [-0.1, -0.05) is 43.3 Å². The van der Waals surface area contributed by atoms with Crippen molar-refractivity contribution < 1.29 is 14.6 Å². The van der Waals surface area contributed by atoms with Gasteiger partial charge in [0.1, 0.15) is 18.1 Å². The van der Waals surface area contributed by atoms with Crippen LogP contribution in [0.5, 0.6) is 11.5 Å². The summed E-state index contributed by atoms with van der Waals surface area (Å²) in [6.45, 7) is 4.38. The van der Waals surface area contributed by atoms with E-state index in [9.17, 15) is 9.90 Å². The maximum Gasteiger partial charge on any atom is 0.178 e. The molecule has 4 heteroatoms. The van der Waals surface area contributed by atoms with Crippen molar-refractivity contribution in [2.75, 3.05) is 19.7 Å². The normalized spacial score (nSPS) is 11.2. The van der Waals surface area contributed by atoms with Crippen molar-refractivity contribution in [3.05, 3.63) is 71.8 Å². The monoisotopic (exact) mass is 337 g/mol. The summed E-state index contributed by atoms with van der Waals surface area (Å²) in [7, 11) is 0. The molecule has 0 saturated heterocycles. The van der Waals surface area contributed by atoms with Crippen LogP contribution in [-0.4, -0.2) is 30.6 Å². The summed E-state index contributed by atoms with van der Waals surface area (Å²) in [6.07, 6.45) is 6.41. The number of aromatic hydroxyl groups is 1. The van der Waals surface area contributed by atoms with Crippen molar-refractivity contribution in [2.45, 2.75) is 6.92 Å². The lowest BCUT2D eigenvalue weighted by molar-refractivity contribution is -0.110. The minimum Gasteiger partial charge on any atom is -0.508 e. The number of allylic oxidation sites excluding steroid dienone is 2. The molecule has 2 aromatic rings. The van der Waals surface area contributed by atoms with E-state index in [1.54, 1.807) is 30.4 Å². The third-order valence-corrected chi connectivity index (χ3v) is 3.41. The molecule has 2 N–H and O–H groups in total. The molecule has 0 heterocycles. The summed E-state index contributed by atoms with van der Waals surface area (Å²) in [5, 5.41) is 12.6. The maximum absolute atomic E-state index is 11.9. The molecule has 2 aromatic carbocycles. The molecule has 0 amide bonds. The predicted octanol–water partition coefficient (Wildman–Crippen LogP) is 3.68. The summed E-state index contributed by atoms with van der Waals surface area (Å²) < 4.78 is 5.65. The number of hydrogen-bond donors (Lipinski definition) is 2. The molecule has 0 aliphatic rings. The van der Waals surface area contributed by atoms with Crippen LogP contribution < -0.4 is 10.1 Å². The molecule has 0 atom stereocenters. The summed E-state index contributed by atoms with van der Waals surface area (Å²) in [4.78, 5) is 11.9. The summed E-state index contributed by atoms with van der Waals surface area (Å²) >= 11 is 0. The molecule has 0 spiro atoms. The number of phenols is 1. The van der Waals surface area contributed by atoms with E-state index in [1.165, 1.54) is 12.2 Å². The molecule has 0 bridgehead atoms. The Labute approximate surface area is 148 Å². The van der Waals surface area contributed by atoms with E-state index in [1.807, 2.05) is 30.3 Å². The zero-order valence-electron chi connectivity index (χ0n) is 14.3. The number of phenolic OH excluding ortho intramolecular Hbond substituents is 1. The molecule has 2 rings (SSSR count). The van der Waals surface area contributed by atoms with E-state index in [0.717, 1.165) is 30.0 Å². The number of likely N-dealkylation sites (N-methyl/N-ethyl adjacent to an activating group) is 1. The minimum atomic E-state index is -0.123. The summed E-state index contributed by atoms with van der Waals surface area (Å²) in [5.74, 6) is 0.834. The Morgan fingerprint density at radius 2 is 1.76 bits per heavy atom. The topological polar surface area (TPSA) is 58.6 Å². The van der Waals surface area contributed by atoms with Crippen LogP contribution in [0.1, 0.15) is 18.1 Å². The zero-order valence-corrected chi connectivity index (χ0v) is 14.3. The highest BCUT2D eigenvalue weighted by Crippen LogP contribution is 2.15. The first kappa shape index (κ1) is 18.5. The van der Waals surface area contributed by atoms with Gasteiger partial charge in [-0.25, -0.2) is 0 Å². The molecule has 0 unspecified atom stereocenters. The lowest BCUT2D eigenvalue weighted by atomic mass is 10.1. The van der Waals surface area contributed by atoms with Crippen LogP contribution in [0.3, 0.4) is 0 Å². The molecule has 0 radical (unpaired) electrons. The third-order valence-electron chi connectivity index (χ3n) is 3.41. The maximum atomic E-state index is 11.9. The van der Waals surface area contributed by atoms with Crippen LogP contribution in [-0.2, 0) is 4.79 Å². The average molecular weight is 337 g/mol. The number of nitrogens with one attached hydrogen (secondary N) is 1. The van der Waals surface area contributed by atoms with Gasteiger partial charge in [0.15, 0.2) is 5.78 Å². The van der Waals surface area contributed by atoms with E-state index in [0.29, 0.717) is 6.61 Å². The first-order valence-corrected chi connectivity index (χ1v) is 8.30. The van der Waals surface area contributed by atoms with E-state index in [2.05, 4.69) is 12.2 Å². The van der Waals surface area contributed by atoms with Gasteiger partial charge >= 0.3 is 0 Å². The number of carbonyl (C=O) groups is 1. The van der Waals surface area contributed by atoms with Crippen LogP contribution >= 0.6 is 0 Å². The minimum absolute atomic E-state index is 0.123. The molecular formula is C21H23NO3. The van der Waals surface area contributed by atoms with Gasteiger partial charge in [-0.2, -0.15) is 0 Å². The molecular weight excluding hydrogens is 314 g/mol. The van der Waals surface area contributed by atoms with Crippen molar-refractivity contribution in [1.82, 2.24) is 5.32 Å². The molecule has 0 aromatic heterocycles. The Morgan fingerprint density at radius 1 is 1.08 bits per heavy atom. The van der Waals surface area contributed by atoms with Crippen molar-refractivity contribution in [3.8, 4) is 11.5 Å². The van der Waals surface area contributed by atoms with Gasteiger partial charge in [0.2, 0.25) is 0 Å².